The number of fused-ring (bicyclic) bond motifs is 1. The molecule has 5 aromatic rings. The minimum Gasteiger partial charge on any atom is -0.355 e. The lowest BCUT2D eigenvalue weighted by Crippen LogP contribution is -2.31. The monoisotopic (exact) mass is 483 g/mol. The maximum absolute atomic E-state index is 13.5. The number of aromatic nitrogens is 2. The van der Waals surface area contributed by atoms with Crippen LogP contribution < -0.4 is 4.90 Å². The molecule has 0 spiro atoms. The van der Waals surface area contributed by atoms with Gasteiger partial charge in [0.15, 0.2) is 11.5 Å². The number of hydrogen-bond donors (Lipinski definition) is 0. The Bertz CT molecular complexity index is 1380. The van der Waals surface area contributed by atoms with Crippen LogP contribution in [-0.4, -0.2) is 16.0 Å². The summed E-state index contributed by atoms with van der Waals surface area (Å²) in [5.41, 5.74) is 2.10. The summed E-state index contributed by atoms with van der Waals surface area (Å²) in [5.74, 6) is 0.814. The molecule has 0 aliphatic rings. The second-order valence-electron chi connectivity index (χ2n) is 7.30. The molecule has 0 aliphatic carbocycles. The van der Waals surface area contributed by atoms with E-state index in [4.69, 9.17) is 4.52 Å². The van der Waals surface area contributed by atoms with Gasteiger partial charge in [-0.3, -0.25) is 9.69 Å². The zero-order valence-corrected chi connectivity index (χ0v) is 18.6. The van der Waals surface area contributed by atoms with Gasteiger partial charge in [0.1, 0.15) is 5.82 Å². The van der Waals surface area contributed by atoms with Gasteiger partial charge in [0.25, 0.3) is 5.91 Å². The first-order valence-electron chi connectivity index (χ1n) is 10.1. The van der Waals surface area contributed by atoms with Gasteiger partial charge in [-0.25, -0.2) is 4.98 Å². The van der Waals surface area contributed by atoms with Crippen molar-refractivity contribution in [1.29, 1.82) is 0 Å². The minimum atomic E-state index is -0.274. The molecule has 32 heavy (non-hydrogen) atoms. The average molecular weight is 484 g/mol. The molecule has 5 rings (SSSR count). The number of carbonyl (C=O) groups is 1. The van der Waals surface area contributed by atoms with Crippen molar-refractivity contribution in [3.63, 3.8) is 0 Å². The van der Waals surface area contributed by atoms with Crippen LogP contribution in [0.3, 0.4) is 0 Å². The van der Waals surface area contributed by atoms with Crippen LogP contribution in [0, 0.1) is 0 Å². The van der Waals surface area contributed by atoms with Crippen molar-refractivity contribution < 1.29 is 9.32 Å². The molecule has 0 bridgehead atoms. The zero-order chi connectivity index (χ0) is 21.9. The lowest BCUT2D eigenvalue weighted by Gasteiger charge is -2.21. The molecule has 0 aliphatic heterocycles. The molecule has 6 heteroatoms. The zero-order valence-electron chi connectivity index (χ0n) is 17.0. The van der Waals surface area contributed by atoms with Gasteiger partial charge in [-0.15, -0.1) is 0 Å². The third-order valence-electron chi connectivity index (χ3n) is 5.24. The Labute approximate surface area is 193 Å². The van der Waals surface area contributed by atoms with Gasteiger partial charge in [-0.05, 0) is 40.6 Å². The Hall–Kier alpha value is -3.77. The van der Waals surface area contributed by atoms with Crippen LogP contribution in [0.4, 0.5) is 5.82 Å². The molecule has 0 atom stereocenters. The molecular weight excluding hydrogens is 466 g/mol. The first-order valence-corrected chi connectivity index (χ1v) is 10.9. The van der Waals surface area contributed by atoms with Gasteiger partial charge in [-0.1, -0.05) is 81.8 Å². The van der Waals surface area contributed by atoms with E-state index in [2.05, 4.69) is 44.3 Å². The quantitative estimate of drug-likeness (QED) is 0.286. The molecule has 5 nitrogen and oxygen atoms in total. The molecule has 3 aromatic carbocycles. The standard InChI is InChI=1S/C26H18BrN3O2/c27-21-13-11-19(12-14-21)24-16-23(29-32-24)26(31)30(25-10-3-4-15-28-25)17-20-8-5-7-18-6-1-2-9-22(18)20/h1-16H,17H2. The van der Waals surface area contributed by atoms with Crippen molar-refractivity contribution in [3.05, 3.63) is 113 Å². The topological polar surface area (TPSA) is 59.2 Å². The third-order valence-corrected chi connectivity index (χ3v) is 5.77. The Morgan fingerprint density at radius 3 is 2.50 bits per heavy atom. The molecule has 2 heterocycles. The molecule has 2 aromatic heterocycles. The van der Waals surface area contributed by atoms with Gasteiger partial charge in [0, 0.05) is 22.3 Å². The summed E-state index contributed by atoms with van der Waals surface area (Å²) in [4.78, 5) is 19.6. The highest BCUT2D eigenvalue weighted by Crippen LogP contribution is 2.26. The van der Waals surface area contributed by atoms with Gasteiger partial charge in [0.2, 0.25) is 0 Å². The van der Waals surface area contributed by atoms with E-state index < -0.39 is 0 Å². The Balaban J connectivity index is 1.51. The maximum Gasteiger partial charge on any atom is 0.281 e. The summed E-state index contributed by atoms with van der Waals surface area (Å²) in [5, 5.41) is 6.28. The normalized spacial score (nSPS) is 10.9. The van der Waals surface area contributed by atoms with Gasteiger partial charge >= 0.3 is 0 Å². The van der Waals surface area contributed by atoms with Crippen molar-refractivity contribution in [2.24, 2.45) is 0 Å². The second kappa shape index (κ2) is 8.77. The number of rotatable bonds is 5. The van der Waals surface area contributed by atoms with Gasteiger partial charge < -0.3 is 4.52 Å². The number of anilines is 1. The van der Waals surface area contributed by atoms with Gasteiger partial charge in [-0.2, -0.15) is 0 Å². The summed E-state index contributed by atoms with van der Waals surface area (Å²) < 4.78 is 6.45. The molecule has 0 fully saturated rings. The number of hydrogen-bond acceptors (Lipinski definition) is 4. The summed E-state index contributed by atoms with van der Waals surface area (Å²) in [7, 11) is 0. The molecule has 0 saturated heterocycles. The van der Waals surface area contributed by atoms with Crippen LogP contribution in [-0.2, 0) is 6.54 Å². The summed E-state index contributed by atoms with van der Waals surface area (Å²) in [6.45, 7) is 0.359. The van der Waals surface area contributed by atoms with Gasteiger partial charge in [0.05, 0.1) is 6.54 Å². The van der Waals surface area contributed by atoms with E-state index in [9.17, 15) is 4.79 Å². The number of carbonyl (C=O) groups excluding carboxylic acids is 1. The lowest BCUT2D eigenvalue weighted by atomic mass is 10.0. The van der Waals surface area contributed by atoms with Crippen molar-refractivity contribution in [2.75, 3.05) is 4.90 Å². The summed E-state index contributed by atoms with van der Waals surface area (Å²) >= 11 is 3.43. The molecule has 0 saturated carbocycles. The van der Waals surface area contributed by atoms with E-state index in [0.717, 1.165) is 26.4 Å². The van der Waals surface area contributed by atoms with E-state index in [1.54, 1.807) is 17.2 Å². The predicted molar refractivity (Wildman–Crippen MR) is 128 cm³/mol. The SMILES string of the molecule is O=C(c1cc(-c2ccc(Br)cc2)on1)N(Cc1cccc2ccccc12)c1ccccn1. The molecule has 0 unspecified atom stereocenters. The number of nitrogens with zero attached hydrogens (tertiary/aromatic N) is 3. The summed E-state index contributed by atoms with van der Waals surface area (Å²) in [6.07, 6.45) is 1.68. The van der Waals surface area contributed by atoms with E-state index >= 15 is 0 Å². The fourth-order valence-corrected chi connectivity index (χ4v) is 3.90. The average Bonchev–Trinajstić information content (AvgIpc) is 3.33. The number of halogens is 1. The van der Waals surface area contributed by atoms with E-state index in [1.807, 2.05) is 66.7 Å². The fraction of sp³-hybridized carbons (Fsp3) is 0.0385. The Morgan fingerprint density at radius 1 is 0.906 bits per heavy atom. The van der Waals surface area contributed by atoms with Crippen LogP contribution in [0.2, 0.25) is 0 Å². The Morgan fingerprint density at radius 2 is 1.69 bits per heavy atom. The maximum atomic E-state index is 13.5. The molecule has 1 amide bonds. The van der Waals surface area contributed by atoms with Crippen molar-refractivity contribution in [3.8, 4) is 11.3 Å². The molecule has 0 N–H and O–H groups in total. The molecule has 156 valence electrons. The first kappa shape index (κ1) is 20.2. The van der Waals surface area contributed by atoms with Crippen LogP contribution in [0.1, 0.15) is 16.1 Å². The van der Waals surface area contributed by atoms with Crippen LogP contribution in [0.25, 0.3) is 22.1 Å². The number of amides is 1. The lowest BCUT2D eigenvalue weighted by molar-refractivity contribution is 0.0976. The van der Waals surface area contributed by atoms with Crippen molar-refractivity contribution >= 4 is 38.4 Å². The van der Waals surface area contributed by atoms with Crippen LogP contribution in [0.15, 0.2) is 106 Å². The molecule has 0 radical (unpaired) electrons. The van der Waals surface area contributed by atoms with Crippen molar-refractivity contribution in [2.45, 2.75) is 6.54 Å². The highest BCUT2D eigenvalue weighted by Gasteiger charge is 2.23. The van der Waals surface area contributed by atoms with Crippen molar-refractivity contribution in [1.82, 2.24) is 10.1 Å². The second-order valence-corrected chi connectivity index (χ2v) is 8.22. The Kier molecular flexibility index (Phi) is 5.52. The van der Waals surface area contributed by atoms with E-state index in [-0.39, 0.29) is 11.6 Å². The van der Waals surface area contributed by atoms with E-state index in [1.165, 1.54) is 0 Å². The predicted octanol–water partition coefficient (Wildman–Crippen LogP) is 6.50. The highest BCUT2D eigenvalue weighted by molar-refractivity contribution is 9.10. The van der Waals surface area contributed by atoms with Crippen LogP contribution in [0.5, 0.6) is 0 Å². The third kappa shape index (κ3) is 4.05. The van der Waals surface area contributed by atoms with Crippen LogP contribution >= 0.6 is 15.9 Å². The van der Waals surface area contributed by atoms with E-state index in [0.29, 0.717) is 18.1 Å². The smallest absolute Gasteiger partial charge is 0.281 e. The first-order chi connectivity index (χ1) is 15.7. The fourth-order valence-electron chi connectivity index (χ4n) is 3.64. The minimum absolute atomic E-state index is 0.230. The summed E-state index contributed by atoms with van der Waals surface area (Å²) in [6, 6.07) is 29.1. The number of benzene rings is 3. The highest BCUT2D eigenvalue weighted by atomic mass is 79.9. The largest absolute Gasteiger partial charge is 0.355 e. The number of pyridine rings is 1. The molecular formula is C26H18BrN3O2.